The Morgan fingerprint density at radius 2 is 1.68 bits per heavy atom. The van der Waals surface area contributed by atoms with Gasteiger partial charge in [-0.25, -0.2) is 9.78 Å². The molecule has 0 saturated heterocycles. The van der Waals surface area contributed by atoms with E-state index in [1.807, 2.05) is 18.2 Å². The zero-order valence-electron chi connectivity index (χ0n) is 21.3. The van der Waals surface area contributed by atoms with Crippen molar-refractivity contribution in [1.29, 1.82) is 0 Å². The van der Waals surface area contributed by atoms with Crippen LogP contribution in [0.25, 0.3) is 6.08 Å². The first-order chi connectivity index (χ1) is 17.6. The summed E-state index contributed by atoms with van der Waals surface area (Å²) in [4.78, 5) is 43.8. The van der Waals surface area contributed by atoms with E-state index in [0.717, 1.165) is 16.7 Å². The van der Waals surface area contributed by atoms with Gasteiger partial charge in [0.25, 0.3) is 11.8 Å². The molecule has 2 heterocycles. The molecule has 1 aromatic heterocycles. The lowest BCUT2D eigenvalue weighted by Crippen LogP contribution is -2.28. The number of hydrogen-bond acceptors (Lipinski definition) is 6. The topological polar surface area (TPSA) is 97.8 Å². The molecule has 2 aromatic carbocycles. The van der Waals surface area contributed by atoms with Crippen molar-refractivity contribution in [3.8, 4) is 5.88 Å². The number of amides is 2. The van der Waals surface area contributed by atoms with Crippen LogP contribution in [0.3, 0.4) is 0 Å². The molecule has 190 valence electrons. The highest BCUT2D eigenvalue weighted by Crippen LogP contribution is 2.23. The third-order valence-corrected chi connectivity index (χ3v) is 5.67. The Morgan fingerprint density at radius 1 is 0.973 bits per heavy atom. The summed E-state index contributed by atoms with van der Waals surface area (Å²) in [6, 6.07) is 15.4. The minimum atomic E-state index is -0.597. The molecule has 3 aromatic rings. The van der Waals surface area contributed by atoms with Crippen LogP contribution in [0.5, 0.6) is 5.88 Å². The van der Waals surface area contributed by atoms with Crippen molar-refractivity contribution in [2.75, 3.05) is 7.11 Å². The van der Waals surface area contributed by atoms with Gasteiger partial charge in [0.15, 0.2) is 0 Å². The van der Waals surface area contributed by atoms with Gasteiger partial charge in [0.05, 0.1) is 19.2 Å². The van der Waals surface area contributed by atoms with E-state index in [4.69, 9.17) is 9.47 Å². The quantitative estimate of drug-likeness (QED) is 0.498. The van der Waals surface area contributed by atoms with Gasteiger partial charge in [-0.2, -0.15) is 0 Å². The minimum Gasteiger partial charge on any atom is -0.481 e. The van der Waals surface area contributed by atoms with E-state index in [0.29, 0.717) is 35.7 Å². The zero-order valence-corrected chi connectivity index (χ0v) is 21.3. The number of pyridine rings is 1. The molecule has 8 heteroatoms. The monoisotopic (exact) mass is 499 g/mol. The molecule has 37 heavy (non-hydrogen) atoms. The van der Waals surface area contributed by atoms with Crippen LogP contribution < -0.4 is 10.1 Å². The summed E-state index contributed by atoms with van der Waals surface area (Å²) in [6.07, 6.45) is 5.20. The third-order valence-electron chi connectivity index (χ3n) is 5.67. The van der Waals surface area contributed by atoms with Crippen LogP contribution in [0.1, 0.15) is 68.5 Å². The highest BCUT2D eigenvalue weighted by atomic mass is 16.6. The number of carbonyl (C=O) groups excluding carboxylic acids is 3. The molecule has 1 aliphatic rings. The molecule has 8 nitrogen and oxygen atoms in total. The molecule has 0 saturated carbocycles. The smallest absolute Gasteiger partial charge is 0.338 e. The average Bonchev–Trinajstić information content (AvgIpc) is 2.90. The van der Waals surface area contributed by atoms with Gasteiger partial charge in [-0.05, 0) is 86.0 Å². The molecule has 2 amide bonds. The Hall–Kier alpha value is -4.46. The molecule has 0 unspecified atom stereocenters. The first-order valence-electron chi connectivity index (χ1n) is 11.9. The minimum absolute atomic E-state index is 0.209. The van der Waals surface area contributed by atoms with Gasteiger partial charge >= 0.3 is 5.97 Å². The van der Waals surface area contributed by atoms with Crippen LogP contribution in [-0.2, 0) is 17.8 Å². The molecule has 0 radical (unpaired) electrons. The standard InChI is InChI=1S/C29H29N3O5/c1-29(2,3)37-28(35)22-8-6-21(7-9-22)27(34)32-14-12-20-5-10-23(16-24(20)18-32)26(33)31-17-19-11-13-30-25(15-19)36-4/h5-16H,17-18H2,1-4H3,(H,31,33). The van der Waals surface area contributed by atoms with E-state index in [9.17, 15) is 14.4 Å². The van der Waals surface area contributed by atoms with E-state index in [-0.39, 0.29) is 11.8 Å². The summed E-state index contributed by atoms with van der Waals surface area (Å²) in [7, 11) is 1.54. The van der Waals surface area contributed by atoms with Gasteiger partial charge in [0.2, 0.25) is 5.88 Å². The number of nitrogens with zero attached hydrogens (tertiary/aromatic N) is 2. The van der Waals surface area contributed by atoms with E-state index < -0.39 is 11.6 Å². The van der Waals surface area contributed by atoms with Gasteiger partial charge in [-0.15, -0.1) is 0 Å². The number of rotatable bonds is 6. The molecular weight excluding hydrogens is 470 g/mol. The average molecular weight is 500 g/mol. The van der Waals surface area contributed by atoms with Gasteiger partial charge < -0.3 is 19.7 Å². The number of benzene rings is 2. The molecule has 1 N–H and O–H groups in total. The van der Waals surface area contributed by atoms with Crippen LogP contribution in [-0.4, -0.2) is 40.4 Å². The number of fused-ring (bicyclic) bond motifs is 1. The number of esters is 1. The summed E-state index contributed by atoms with van der Waals surface area (Å²) in [5, 5.41) is 2.90. The van der Waals surface area contributed by atoms with E-state index in [1.54, 1.807) is 87.6 Å². The summed E-state index contributed by atoms with van der Waals surface area (Å²) in [6.45, 7) is 6.06. The highest BCUT2D eigenvalue weighted by molar-refractivity contribution is 5.98. The van der Waals surface area contributed by atoms with Gasteiger partial charge in [0.1, 0.15) is 5.60 Å². The maximum absolute atomic E-state index is 13.1. The number of nitrogens with one attached hydrogen (secondary N) is 1. The number of carbonyl (C=O) groups is 3. The Bertz CT molecular complexity index is 1360. The fourth-order valence-electron chi connectivity index (χ4n) is 3.80. The number of ether oxygens (including phenoxy) is 2. The molecule has 0 bridgehead atoms. The highest BCUT2D eigenvalue weighted by Gasteiger charge is 2.21. The predicted molar refractivity (Wildman–Crippen MR) is 139 cm³/mol. The fourth-order valence-corrected chi connectivity index (χ4v) is 3.80. The second kappa shape index (κ2) is 10.7. The molecule has 0 fully saturated rings. The van der Waals surface area contributed by atoms with E-state index >= 15 is 0 Å². The summed E-state index contributed by atoms with van der Waals surface area (Å²) in [5.41, 5.74) is 3.41. The zero-order chi connectivity index (χ0) is 26.6. The SMILES string of the molecule is COc1cc(CNC(=O)c2ccc3c(c2)CN(C(=O)c2ccc(C(=O)OC(C)(C)C)cc2)C=C3)ccn1. The summed E-state index contributed by atoms with van der Waals surface area (Å²) < 4.78 is 10.5. The van der Waals surface area contributed by atoms with Crippen LogP contribution in [0.15, 0.2) is 67.0 Å². The van der Waals surface area contributed by atoms with E-state index in [1.165, 1.54) is 0 Å². The maximum atomic E-state index is 13.1. The maximum Gasteiger partial charge on any atom is 0.338 e. The molecule has 0 spiro atoms. The van der Waals surface area contributed by atoms with Crippen LogP contribution in [0, 0.1) is 0 Å². The van der Waals surface area contributed by atoms with Crippen molar-refractivity contribution in [1.82, 2.24) is 15.2 Å². The molecule has 0 atom stereocenters. The molecule has 1 aliphatic heterocycles. The Balaban J connectivity index is 1.41. The van der Waals surface area contributed by atoms with Crippen molar-refractivity contribution in [2.24, 2.45) is 0 Å². The Labute approximate surface area is 215 Å². The molecule has 4 rings (SSSR count). The predicted octanol–water partition coefficient (Wildman–Crippen LogP) is 4.60. The van der Waals surface area contributed by atoms with Crippen molar-refractivity contribution in [2.45, 2.75) is 39.5 Å². The lowest BCUT2D eigenvalue weighted by molar-refractivity contribution is 0.00691. The van der Waals surface area contributed by atoms with Gasteiger partial charge in [-0.3, -0.25) is 9.59 Å². The third kappa shape index (κ3) is 6.41. The van der Waals surface area contributed by atoms with Crippen LogP contribution in [0.4, 0.5) is 0 Å². The summed E-state index contributed by atoms with van der Waals surface area (Å²) >= 11 is 0. The summed E-state index contributed by atoms with van der Waals surface area (Å²) in [5.74, 6) is -0.383. The normalized spacial score (nSPS) is 12.5. The van der Waals surface area contributed by atoms with Crippen LogP contribution in [0.2, 0.25) is 0 Å². The lowest BCUT2D eigenvalue weighted by Gasteiger charge is -2.24. The lowest BCUT2D eigenvalue weighted by atomic mass is 10.00. The first-order valence-corrected chi connectivity index (χ1v) is 11.9. The van der Waals surface area contributed by atoms with Gasteiger partial charge in [-0.1, -0.05) is 6.07 Å². The molecule has 0 aliphatic carbocycles. The second-order valence-electron chi connectivity index (χ2n) is 9.63. The number of hydrogen-bond donors (Lipinski definition) is 1. The van der Waals surface area contributed by atoms with Crippen molar-refractivity contribution < 1.29 is 23.9 Å². The fraction of sp³-hybridized carbons (Fsp3) is 0.241. The van der Waals surface area contributed by atoms with Crippen molar-refractivity contribution in [3.63, 3.8) is 0 Å². The Kier molecular flexibility index (Phi) is 7.38. The van der Waals surface area contributed by atoms with E-state index in [2.05, 4.69) is 10.3 Å². The number of methoxy groups -OCH3 is 1. The largest absolute Gasteiger partial charge is 0.481 e. The second-order valence-corrected chi connectivity index (χ2v) is 9.63. The van der Waals surface area contributed by atoms with Crippen LogP contribution >= 0.6 is 0 Å². The van der Waals surface area contributed by atoms with Crippen molar-refractivity contribution >= 4 is 23.9 Å². The number of aromatic nitrogens is 1. The molecular formula is C29H29N3O5. The Morgan fingerprint density at radius 3 is 2.38 bits per heavy atom. The van der Waals surface area contributed by atoms with Crippen molar-refractivity contribution in [3.05, 3.63) is 100 Å². The first kappa shape index (κ1) is 25.6. The van der Waals surface area contributed by atoms with Gasteiger partial charge in [0, 0.05) is 36.1 Å².